The molecule has 1 heterocycles. The molecule has 0 spiro atoms. The molecule has 0 radical (unpaired) electrons. The predicted octanol–water partition coefficient (Wildman–Crippen LogP) is 2.10. The monoisotopic (exact) mass is 227 g/mol. The highest BCUT2D eigenvalue weighted by Crippen LogP contribution is 2.18. The first kappa shape index (κ1) is 12.3. The smallest absolute Gasteiger partial charge is 0.0675 e. The van der Waals surface area contributed by atoms with Gasteiger partial charge in [0.25, 0.3) is 0 Å². The molecular weight excluding hydrogens is 202 g/mol. The van der Waals surface area contributed by atoms with Gasteiger partial charge in [0.1, 0.15) is 0 Å². The minimum absolute atomic E-state index is 0.337. The number of hydrogen-bond donors (Lipinski definition) is 1. The van der Waals surface area contributed by atoms with Gasteiger partial charge in [0.2, 0.25) is 0 Å². The Morgan fingerprint density at radius 2 is 1.88 bits per heavy atom. The highest BCUT2D eigenvalue weighted by atomic mass is 16.5. The van der Waals surface area contributed by atoms with Crippen molar-refractivity contribution in [3.05, 3.63) is 0 Å². The quantitative estimate of drug-likeness (QED) is 0.780. The van der Waals surface area contributed by atoms with E-state index in [1.165, 1.54) is 25.7 Å². The van der Waals surface area contributed by atoms with E-state index < -0.39 is 0 Å². The van der Waals surface area contributed by atoms with E-state index >= 15 is 0 Å². The van der Waals surface area contributed by atoms with E-state index in [4.69, 9.17) is 9.47 Å². The van der Waals surface area contributed by atoms with Gasteiger partial charge in [0, 0.05) is 25.8 Å². The maximum Gasteiger partial charge on any atom is 0.0675 e. The molecule has 1 aliphatic carbocycles. The second kappa shape index (κ2) is 6.58. The average molecular weight is 227 g/mol. The summed E-state index contributed by atoms with van der Waals surface area (Å²) in [6.45, 7) is 4.92. The lowest BCUT2D eigenvalue weighted by atomic mass is 10.1. The van der Waals surface area contributed by atoms with E-state index in [2.05, 4.69) is 12.2 Å². The lowest BCUT2D eigenvalue weighted by molar-refractivity contribution is -0.0617. The van der Waals surface area contributed by atoms with Gasteiger partial charge in [-0.25, -0.2) is 0 Å². The van der Waals surface area contributed by atoms with Crippen molar-refractivity contribution in [2.45, 2.75) is 63.7 Å². The first-order valence-electron chi connectivity index (χ1n) is 6.81. The molecule has 1 saturated carbocycles. The van der Waals surface area contributed by atoms with Crippen LogP contribution in [-0.2, 0) is 9.47 Å². The standard InChI is InChI=1S/C13H25NO2/c1-11(10-14-12-4-2-3-5-12)16-13-6-8-15-9-7-13/h11-14H,2-10H2,1H3. The van der Waals surface area contributed by atoms with Crippen LogP contribution < -0.4 is 5.32 Å². The topological polar surface area (TPSA) is 30.5 Å². The fourth-order valence-electron chi connectivity index (χ4n) is 2.65. The predicted molar refractivity (Wildman–Crippen MR) is 64.6 cm³/mol. The molecule has 2 fully saturated rings. The Bertz CT molecular complexity index is 186. The Hall–Kier alpha value is -0.120. The summed E-state index contributed by atoms with van der Waals surface area (Å²) >= 11 is 0. The Morgan fingerprint density at radius 3 is 2.56 bits per heavy atom. The third-order valence-electron chi connectivity index (χ3n) is 3.64. The van der Waals surface area contributed by atoms with Crippen molar-refractivity contribution in [2.75, 3.05) is 19.8 Å². The Kier molecular flexibility index (Phi) is 5.07. The number of nitrogens with one attached hydrogen (secondary N) is 1. The normalized spacial score (nSPS) is 26.1. The zero-order valence-corrected chi connectivity index (χ0v) is 10.4. The van der Waals surface area contributed by atoms with E-state index in [-0.39, 0.29) is 0 Å². The van der Waals surface area contributed by atoms with Crippen LogP contribution in [0.5, 0.6) is 0 Å². The van der Waals surface area contributed by atoms with Crippen LogP contribution in [0, 0.1) is 0 Å². The molecule has 0 aromatic rings. The van der Waals surface area contributed by atoms with Gasteiger partial charge in [0.05, 0.1) is 12.2 Å². The van der Waals surface area contributed by atoms with Crippen LogP contribution in [0.15, 0.2) is 0 Å². The molecule has 0 amide bonds. The van der Waals surface area contributed by atoms with E-state index in [1.807, 2.05) is 0 Å². The second-order valence-corrected chi connectivity index (χ2v) is 5.15. The zero-order chi connectivity index (χ0) is 11.2. The van der Waals surface area contributed by atoms with Crippen LogP contribution in [0.2, 0.25) is 0 Å². The minimum Gasteiger partial charge on any atom is -0.381 e. The molecule has 0 bridgehead atoms. The zero-order valence-electron chi connectivity index (χ0n) is 10.4. The Balaban J connectivity index is 1.57. The van der Waals surface area contributed by atoms with Gasteiger partial charge in [-0.3, -0.25) is 0 Å². The van der Waals surface area contributed by atoms with Crippen LogP contribution in [-0.4, -0.2) is 38.0 Å². The maximum absolute atomic E-state index is 6.01. The van der Waals surface area contributed by atoms with Gasteiger partial charge in [-0.1, -0.05) is 12.8 Å². The summed E-state index contributed by atoms with van der Waals surface area (Å²) in [4.78, 5) is 0. The molecule has 3 nitrogen and oxygen atoms in total. The van der Waals surface area contributed by atoms with Crippen molar-refractivity contribution < 1.29 is 9.47 Å². The van der Waals surface area contributed by atoms with Crippen molar-refractivity contribution in [3.8, 4) is 0 Å². The molecule has 1 saturated heterocycles. The van der Waals surface area contributed by atoms with Gasteiger partial charge < -0.3 is 14.8 Å². The first-order valence-corrected chi connectivity index (χ1v) is 6.81. The molecule has 1 atom stereocenters. The summed E-state index contributed by atoms with van der Waals surface area (Å²) in [7, 11) is 0. The summed E-state index contributed by atoms with van der Waals surface area (Å²) < 4.78 is 11.3. The molecule has 3 heteroatoms. The van der Waals surface area contributed by atoms with Crippen molar-refractivity contribution in [2.24, 2.45) is 0 Å². The highest BCUT2D eigenvalue weighted by Gasteiger charge is 2.19. The van der Waals surface area contributed by atoms with Gasteiger partial charge >= 0.3 is 0 Å². The van der Waals surface area contributed by atoms with E-state index in [0.717, 1.165) is 38.6 Å². The first-order chi connectivity index (χ1) is 7.84. The van der Waals surface area contributed by atoms with Crippen LogP contribution in [0.25, 0.3) is 0 Å². The molecule has 1 N–H and O–H groups in total. The number of ether oxygens (including phenoxy) is 2. The van der Waals surface area contributed by atoms with Crippen LogP contribution in [0.3, 0.4) is 0 Å². The summed E-state index contributed by atoms with van der Waals surface area (Å²) in [5, 5.41) is 3.61. The Labute approximate surface area is 98.9 Å². The molecule has 2 aliphatic rings. The molecule has 0 aromatic carbocycles. The largest absolute Gasteiger partial charge is 0.381 e. The second-order valence-electron chi connectivity index (χ2n) is 5.15. The van der Waals surface area contributed by atoms with Gasteiger partial charge in [0.15, 0.2) is 0 Å². The van der Waals surface area contributed by atoms with Crippen molar-refractivity contribution in [1.82, 2.24) is 5.32 Å². The van der Waals surface area contributed by atoms with Crippen molar-refractivity contribution in [3.63, 3.8) is 0 Å². The molecule has 1 unspecified atom stereocenters. The molecule has 1 aliphatic heterocycles. The Morgan fingerprint density at radius 1 is 1.19 bits per heavy atom. The fourth-order valence-corrected chi connectivity index (χ4v) is 2.65. The highest BCUT2D eigenvalue weighted by molar-refractivity contribution is 4.75. The van der Waals surface area contributed by atoms with Crippen LogP contribution in [0.1, 0.15) is 45.4 Å². The lowest BCUT2D eigenvalue weighted by Crippen LogP contribution is -2.36. The fraction of sp³-hybridized carbons (Fsp3) is 1.00. The summed E-state index contributed by atoms with van der Waals surface area (Å²) in [5.41, 5.74) is 0. The third kappa shape index (κ3) is 4.04. The molecule has 16 heavy (non-hydrogen) atoms. The van der Waals surface area contributed by atoms with E-state index in [9.17, 15) is 0 Å². The minimum atomic E-state index is 0.337. The van der Waals surface area contributed by atoms with Crippen LogP contribution >= 0.6 is 0 Å². The van der Waals surface area contributed by atoms with Gasteiger partial charge in [-0.15, -0.1) is 0 Å². The van der Waals surface area contributed by atoms with Crippen molar-refractivity contribution >= 4 is 0 Å². The summed E-state index contributed by atoms with van der Waals surface area (Å²) in [6.07, 6.45) is 8.38. The average Bonchev–Trinajstić information content (AvgIpc) is 2.81. The molecule has 0 aromatic heterocycles. The molecule has 2 rings (SSSR count). The number of rotatable bonds is 5. The SMILES string of the molecule is CC(CNC1CCCC1)OC1CCOCC1. The molecular formula is C13H25NO2. The summed E-state index contributed by atoms with van der Waals surface area (Å²) in [5.74, 6) is 0. The number of hydrogen-bond acceptors (Lipinski definition) is 3. The summed E-state index contributed by atoms with van der Waals surface area (Å²) in [6, 6.07) is 0.751. The van der Waals surface area contributed by atoms with E-state index in [1.54, 1.807) is 0 Å². The lowest BCUT2D eigenvalue weighted by Gasteiger charge is -2.26. The van der Waals surface area contributed by atoms with Crippen molar-refractivity contribution in [1.29, 1.82) is 0 Å². The molecule has 94 valence electrons. The van der Waals surface area contributed by atoms with Gasteiger partial charge in [-0.2, -0.15) is 0 Å². The third-order valence-corrected chi connectivity index (χ3v) is 3.64. The van der Waals surface area contributed by atoms with E-state index in [0.29, 0.717) is 12.2 Å². The van der Waals surface area contributed by atoms with Crippen LogP contribution in [0.4, 0.5) is 0 Å². The van der Waals surface area contributed by atoms with Gasteiger partial charge in [-0.05, 0) is 32.6 Å². The maximum atomic E-state index is 6.01.